The highest BCUT2D eigenvalue weighted by atomic mass is 16.4. The van der Waals surface area contributed by atoms with Gasteiger partial charge in [0.15, 0.2) is 5.78 Å². The number of hydrogen-bond acceptors (Lipinski definition) is 4. The predicted octanol–water partition coefficient (Wildman–Crippen LogP) is 0.385. The van der Waals surface area contributed by atoms with Crippen molar-refractivity contribution in [2.75, 3.05) is 0 Å². The third-order valence-corrected chi connectivity index (χ3v) is 1.86. The Morgan fingerprint density at radius 3 is 2.55 bits per heavy atom. The molecule has 1 aliphatic carbocycles. The molecule has 0 spiro atoms. The number of carbonyl (C=O) groups excluding carboxylic acids is 2. The first-order valence-corrected chi connectivity index (χ1v) is 3.48. The molecule has 1 atom stereocenters. The van der Waals surface area contributed by atoms with Crippen LogP contribution in [0.25, 0.3) is 0 Å². The molecular weight excluding hydrogens is 146 g/mol. The van der Waals surface area contributed by atoms with E-state index in [-0.39, 0.29) is 23.7 Å². The first-order chi connectivity index (χ1) is 5.20. The maximum absolute atomic E-state index is 11.1. The molecule has 0 saturated heterocycles. The lowest BCUT2D eigenvalue weighted by Crippen LogP contribution is -2.15. The van der Waals surface area contributed by atoms with Crippen LogP contribution in [0.3, 0.4) is 0 Å². The lowest BCUT2D eigenvalue weighted by molar-refractivity contribution is -0.126. The molecule has 0 amide bonds. The first kappa shape index (κ1) is 7.91. The van der Waals surface area contributed by atoms with Crippen LogP contribution in [-0.4, -0.2) is 22.5 Å². The van der Waals surface area contributed by atoms with Crippen molar-refractivity contribution in [3.8, 4) is 0 Å². The van der Waals surface area contributed by atoms with E-state index in [1.54, 1.807) is 6.92 Å². The fourth-order valence-electron chi connectivity index (χ4n) is 1.22. The summed E-state index contributed by atoms with van der Waals surface area (Å²) in [5, 5.41) is 11.0. The quantitative estimate of drug-likeness (QED) is 0.338. The van der Waals surface area contributed by atoms with E-state index in [9.17, 15) is 9.59 Å². The highest BCUT2D eigenvalue weighted by molar-refractivity contribution is 6.51. The zero-order valence-electron chi connectivity index (χ0n) is 6.20. The molecule has 60 valence electrons. The van der Waals surface area contributed by atoms with E-state index < -0.39 is 5.92 Å². The SMILES string of the molecule is CCC1C(=O)C/C(=N\O)C1=O. The van der Waals surface area contributed by atoms with Crippen LogP contribution >= 0.6 is 0 Å². The smallest absolute Gasteiger partial charge is 0.191 e. The van der Waals surface area contributed by atoms with Gasteiger partial charge in [-0.2, -0.15) is 0 Å². The van der Waals surface area contributed by atoms with Crippen molar-refractivity contribution in [1.29, 1.82) is 0 Å². The molecule has 11 heavy (non-hydrogen) atoms. The Labute approximate surface area is 63.9 Å². The molecule has 1 aliphatic rings. The average molecular weight is 155 g/mol. The van der Waals surface area contributed by atoms with Gasteiger partial charge in [0.1, 0.15) is 11.5 Å². The number of hydrogen-bond donors (Lipinski definition) is 1. The lowest BCUT2D eigenvalue weighted by Gasteiger charge is -1.97. The molecule has 1 fully saturated rings. The Kier molecular flexibility index (Phi) is 2.03. The van der Waals surface area contributed by atoms with Crippen LogP contribution < -0.4 is 0 Å². The van der Waals surface area contributed by atoms with Crippen LogP contribution in [0.4, 0.5) is 0 Å². The van der Waals surface area contributed by atoms with Crippen LogP contribution in [0.1, 0.15) is 19.8 Å². The van der Waals surface area contributed by atoms with Gasteiger partial charge < -0.3 is 5.21 Å². The maximum Gasteiger partial charge on any atom is 0.191 e. The number of rotatable bonds is 1. The molecule has 1 N–H and O–H groups in total. The largest absolute Gasteiger partial charge is 0.411 e. The second-order valence-electron chi connectivity index (χ2n) is 2.51. The van der Waals surface area contributed by atoms with E-state index in [4.69, 9.17) is 5.21 Å². The van der Waals surface area contributed by atoms with Gasteiger partial charge in [-0.3, -0.25) is 9.59 Å². The van der Waals surface area contributed by atoms with Crippen molar-refractivity contribution in [1.82, 2.24) is 0 Å². The number of nitrogens with zero attached hydrogens (tertiary/aromatic N) is 1. The van der Waals surface area contributed by atoms with Crippen molar-refractivity contribution in [2.45, 2.75) is 19.8 Å². The number of oxime groups is 1. The molecule has 4 heteroatoms. The molecule has 0 bridgehead atoms. The minimum absolute atomic E-state index is 0.00171. The predicted molar refractivity (Wildman–Crippen MR) is 37.6 cm³/mol. The van der Waals surface area contributed by atoms with Gasteiger partial charge in [0.05, 0.1) is 12.3 Å². The average Bonchev–Trinajstić information content (AvgIpc) is 2.26. The summed E-state index contributed by atoms with van der Waals surface area (Å²) in [6.45, 7) is 1.76. The van der Waals surface area contributed by atoms with Gasteiger partial charge in [-0.05, 0) is 6.42 Å². The van der Waals surface area contributed by atoms with Gasteiger partial charge in [-0.15, -0.1) is 0 Å². The Morgan fingerprint density at radius 1 is 1.64 bits per heavy atom. The molecule has 1 rings (SSSR count). The van der Waals surface area contributed by atoms with E-state index in [1.165, 1.54) is 0 Å². The van der Waals surface area contributed by atoms with Crippen LogP contribution in [0.2, 0.25) is 0 Å². The fourth-order valence-corrected chi connectivity index (χ4v) is 1.22. The second-order valence-corrected chi connectivity index (χ2v) is 2.51. The highest BCUT2D eigenvalue weighted by Crippen LogP contribution is 2.18. The Bertz CT molecular complexity index is 232. The van der Waals surface area contributed by atoms with E-state index in [0.717, 1.165) is 0 Å². The van der Waals surface area contributed by atoms with Crippen LogP contribution in [0.5, 0.6) is 0 Å². The monoisotopic (exact) mass is 155 g/mol. The van der Waals surface area contributed by atoms with Crippen LogP contribution in [-0.2, 0) is 9.59 Å². The summed E-state index contributed by atoms with van der Waals surface area (Å²) in [6, 6.07) is 0. The van der Waals surface area contributed by atoms with Crippen LogP contribution in [0.15, 0.2) is 5.16 Å². The zero-order chi connectivity index (χ0) is 8.43. The Hall–Kier alpha value is -1.19. The van der Waals surface area contributed by atoms with Gasteiger partial charge in [0, 0.05) is 0 Å². The van der Waals surface area contributed by atoms with Crippen molar-refractivity contribution in [3.05, 3.63) is 0 Å². The standard InChI is InChI=1S/C7H9NO3/c1-2-4-6(9)3-5(8-11)7(4)10/h4,11H,2-3H2,1H3/b8-5+. The van der Waals surface area contributed by atoms with Crippen LogP contribution in [0, 0.1) is 5.92 Å². The molecule has 0 heterocycles. The third-order valence-electron chi connectivity index (χ3n) is 1.86. The molecule has 4 nitrogen and oxygen atoms in total. The summed E-state index contributed by atoms with van der Waals surface area (Å²) in [5.74, 6) is -1.01. The summed E-state index contributed by atoms with van der Waals surface area (Å²) in [5.41, 5.74) is 0.00171. The molecule has 0 radical (unpaired) electrons. The minimum atomic E-state index is -0.555. The molecule has 0 aliphatic heterocycles. The Balaban J connectivity index is 2.88. The van der Waals surface area contributed by atoms with Crippen molar-refractivity contribution in [3.63, 3.8) is 0 Å². The van der Waals surface area contributed by atoms with Gasteiger partial charge in [0.25, 0.3) is 0 Å². The van der Waals surface area contributed by atoms with Crippen molar-refractivity contribution >= 4 is 17.3 Å². The molecule has 0 aromatic carbocycles. The lowest BCUT2D eigenvalue weighted by atomic mass is 10.0. The second kappa shape index (κ2) is 2.82. The maximum atomic E-state index is 11.1. The molecule has 0 aromatic rings. The molecular formula is C7H9NO3. The van der Waals surface area contributed by atoms with Gasteiger partial charge >= 0.3 is 0 Å². The normalized spacial score (nSPS) is 28.5. The van der Waals surface area contributed by atoms with Crippen molar-refractivity contribution < 1.29 is 14.8 Å². The number of Topliss-reactive ketones (excluding diaryl/α,β-unsaturated/α-hetero) is 2. The van der Waals surface area contributed by atoms with E-state index in [0.29, 0.717) is 6.42 Å². The molecule has 1 unspecified atom stereocenters. The first-order valence-electron chi connectivity index (χ1n) is 3.48. The summed E-state index contributed by atoms with van der Waals surface area (Å²) in [6.07, 6.45) is 0.491. The third kappa shape index (κ3) is 1.15. The summed E-state index contributed by atoms with van der Waals surface area (Å²) in [7, 11) is 0. The number of carbonyl (C=O) groups is 2. The summed E-state index contributed by atoms with van der Waals surface area (Å²) < 4.78 is 0. The van der Waals surface area contributed by atoms with E-state index in [2.05, 4.69) is 5.16 Å². The molecule has 1 saturated carbocycles. The topological polar surface area (TPSA) is 66.7 Å². The summed E-state index contributed by atoms with van der Waals surface area (Å²) in [4.78, 5) is 22.0. The fraction of sp³-hybridized carbons (Fsp3) is 0.571. The zero-order valence-corrected chi connectivity index (χ0v) is 6.20. The summed E-state index contributed by atoms with van der Waals surface area (Å²) >= 11 is 0. The minimum Gasteiger partial charge on any atom is -0.411 e. The Morgan fingerprint density at radius 2 is 2.27 bits per heavy atom. The van der Waals surface area contributed by atoms with Crippen molar-refractivity contribution in [2.24, 2.45) is 11.1 Å². The van der Waals surface area contributed by atoms with Gasteiger partial charge in [-0.1, -0.05) is 12.1 Å². The van der Waals surface area contributed by atoms with Gasteiger partial charge in [-0.25, -0.2) is 0 Å². The number of ketones is 2. The highest BCUT2D eigenvalue weighted by Gasteiger charge is 2.37. The van der Waals surface area contributed by atoms with E-state index >= 15 is 0 Å². The van der Waals surface area contributed by atoms with Gasteiger partial charge in [0.2, 0.25) is 0 Å². The van der Waals surface area contributed by atoms with E-state index in [1.807, 2.05) is 0 Å². The molecule has 0 aromatic heterocycles.